The predicted molar refractivity (Wildman–Crippen MR) is 65.3 cm³/mol. The highest BCUT2D eigenvalue weighted by atomic mass is 19.4. The van der Waals surface area contributed by atoms with Crippen molar-refractivity contribution in [2.24, 2.45) is 0 Å². The van der Waals surface area contributed by atoms with E-state index in [9.17, 15) is 13.2 Å². The standard InChI is InChI=1S/C13H16F3NO/c1-2-8-17-9-4-6-11-5-3-7-12(10-11)18-13(14,15)16/h3-7,10,17H,2,8-9H2,1H3/b6-4+. The molecule has 0 bridgehead atoms. The molecular weight excluding hydrogens is 243 g/mol. The third-order valence-corrected chi connectivity index (χ3v) is 2.09. The first-order valence-electron chi connectivity index (χ1n) is 5.74. The second kappa shape index (κ2) is 7.06. The van der Waals surface area contributed by atoms with Crippen LogP contribution in [-0.2, 0) is 0 Å². The normalized spacial score (nSPS) is 12.0. The van der Waals surface area contributed by atoms with E-state index in [0.717, 1.165) is 13.0 Å². The minimum Gasteiger partial charge on any atom is -0.406 e. The van der Waals surface area contributed by atoms with Crippen LogP contribution in [0, 0.1) is 0 Å². The van der Waals surface area contributed by atoms with Gasteiger partial charge in [0.05, 0.1) is 0 Å². The molecule has 1 N–H and O–H groups in total. The minimum absolute atomic E-state index is 0.203. The second-order valence-electron chi connectivity index (χ2n) is 3.73. The van der Waals surface area contributed by atoms with Crippen LogP contribution in [0.15, 0.2) is 30.3 Å². The van der Waals surface area contributed by atoms with Crippen LogP contribution in [0.1, 0.15) is 18.9 Å². The van der Waals surface area contributed by atoms with Gasteiger partial charge < -0.3 is 10.1 Å². The molecule has 0 heterocycles. The molecule has 0 spiro atoms. The van der Waals surface area contributed by atoms with Crippen molar-refractivity contribution in [3.05, 3.63) is 35.9 Å². The average Bonchev–Trinajstić information content (AvgIpc) is 2.27. The molecule has 0 aliphatic carbocycles. The van der Waals surface area contributed by atoms with Gasteiger partial charge in [0.15, 0.2) is 0 Å². The molecule has 5 heteroatoms. The maximum atomic E-state index is 12.0. The summed E-state index contributed by atoms with van der Waals surface area (Å²) >= 11 is 0. The van der Waals surface area contributed by atoms with Crippen LogP contribution < -0.4 is 10.1 Å². The van der Waals surface area contributed by atoms with Gasteiger partial charge in [0.25, 0.3) is 0 Å². The SMILES string of the molecule is CCCNC/C=C/c1cccc(OC(F)(F)F)c1. The number of hydrogen-bond acceptors (Lipinski definition) is 2. The van der Waals surface area contributed by atoms with Gasteiger partial charge in [-0.05, 0) is 30.7 Å². The monoisotopic (exact) mass is 259 g/mol. The molecular formula is C13H16F3NO. The maximum absolute atomic E-state index is 12.0. The van der Waals surface area contributed by atoms with E-state index in [-0.39, 0.29) is 5.75 Å². The van der Waals surface area contributed by atoms with Crippen molar-refractivity contribution in [2.45, 2.75) is 19.7 Å². The molecule has 0 aliphatic rings. The fourth-order valence-corrected chi connectivity index (χ4v) is 1.37. The molecule has 1 aromatic carbocycles. The van der Waals surface area contributed by atoms with E-state index < -0.39 is 6.36 Å². The lowest BCUT2D eigenvalue weighted by atomic mass is 10.2. The molecule has 0 radical (unpaired) electrons. The van der Waals surface area contributed by atoms with E-state index >= 15 is 0 Å². The molecule has 18 heavy (non-hydrogen) atoms. The van der Waals surface area contributed by atoms with Crippen LogP contribution in [0.5, 0.6) is 5.75 Å². The summed E-state index contributed by atoms with van der Waals surface area (Å²) in [4.78, 5) is 0. The van der Waals surface area contributed by atoms with Gasteiger partial charge in [-0.15, -0.1) is 13.2 Å². The summed E-state index contributed by atoms with van der Waals surface area (Å²) < 4.78 is 39.9. The molecule has 0 aromatic heterocycles. The highest BCUT2D eigenvalue weighted by Gasteiger charge is 2.30. The fourth-order valence-electron chi connectivity index (χ4n) is 1.37. The van der Waals surface area contributed by atoms with Crippen molar-refractivity contribution in [3.63, 3.8) is 0 Å². The Labute approximate surface area is 104 Å². The van der Waals surface area contributed by atoms with E-state index in [2.05, 4.69) is 17.0 Å². The van der Waals surface area contributed by atoms with Crippen molar-refractivity contribution in [1.29, 1.82) is 0 Å². The van der Waals surface area contributed by atoms with Gasteiger partial charge >= 0.3 is 6.36 Å². The lowest BCUT2D eigenvalue weighted by Crippen LogP contribution is -2.17. The molecule has 0 amide bonds. The lowest BCUT2D eigenvalue weighted by Gasteiger charge is -2.08. The number of halogens is 3. The first-order chi connectivity index (χ1) is 8.51. The highest BCUT2D eigenvalue weighted by molar-refractivity contribution is 5.51. The molecule has 1 aromatic rings. The van der Waals surface area contributed by atoms with Crippen LogP contribution in [0.25, 0.3) is 6.08 Å². The number of rotatable bonds is 6. The first-order valence-corrected chi connectivity index (χ1v) is 5.74. The van der Waals surface area contributed by atoms with Crippen molar-refractivity contribution >= 4 is 6.08 Å². The zero-order valence-electron chi connectivity index (χ0n) is 10.1. The van der Waals surface area contributed by atoms with Crippen LogP contribution >= 0.6 is 0 Å². The largest absolute Gasteiger partial charge is 0.573 e. The number of hydrogen-bond donors (Lipinski definition) is 1. The summed E-state index contributed by atoms with van der Waals surface area (Å²) in [5.41, 5.74) is 0.676. The third-order valence-electron chi connectivity index (χ3n) is 2.09. The van der Waals surface area contributed by atoms with E-state index in [1.54, 1.807) is 12.1 Å². The molecule has 0 atom stereocenters. The van der Waals surface area contributed by atoms with Crippen LogP contribution in [0.2, 0.25) is 0 Å². The quantitative estimate of drug-likeness (QED) is 0.788. The first kappa shape index (κ1) is 14.6. The minimum atomic E-state index is -4.65. The number of alkyl halides is 3. The highest BCUT2D eigenvalue weighted by Crippen LogP contribution is 2.23. The van der Waals surface area contributed by atoms with Crippen LogP contribution in [0.3, 0.4) is 0 Å². The Morgan fingerprint density at radius 2 is 2.11 bits per heavy atom. The zero-order chi connectivity index (χ0) is 13.4. The molecule has 1 rings (SSSR count). The molecule has 0 saturated carbocycles. The van der Waals surface area contributed by atoms with Gasteiger partial charge in [-0.25, -0.2) is 0 Å². The lowest BCUT2D eigenvalue weighted by molar-refractivity contribution is -0.274. The summed E-state index contributed by atoms with van der Waals surface area (Å²) in [5.74, 6) is -0.203. The smallest absolute Gasteiger partial charge is 0.406 e. The number of benzene rings is 1. The van der Waals surface area contributed by atoms with Gasteiger partial charge in [-0.3, -0.25) is 0 Å². The molecule has 0 saturated heterocycles. The molecule has 0 aliphatic heterocycles. The van der Waals surface area contributed by atoms with E-state index in [1.165, 1.54) is 18.2 Å². The van der Waals surface area contributed by atoms with Crippen molar-refractivity contribution in [1.82, 2.24) is 5.32 Å². The molecule has 100 valence electrons. The number of nitrogens with one attached hydrogen (secondary N) is 1. The van der Waals surface area contributed by atoms with Gasteiger partial charge in [-0.2, -0.15) is 0 Å². The number of ether oxygens (including phenoxy) is 1. The van der Waals surface area contributed by atoms with E-state index in [4.69, 9.17) is 0 Å². The Morgan fingerprint density at radius 1 is 1.33 bits per heavy atom. The van der Waals surface area contributed by atoms with Crippen LogP contribution in [-0.4, -0.2) is 19.5 Å². The Morgan fingerprint density at radius 3 is 2.78 bits per heavy atom. The maximum Gasteiger partial charge on any atom is 0.573 e. The molecule has 2 nitrogen and oxygen atoms in total. The van der Waals surface area contributed by atoms with Gasteiger partial charge in [0, 0.05) is 6.54 Å². The summed E-state index contributed by atoms with van der Waals surface area (Å²) in [6, 6.07) is 5.88. The third kappa shape index (κ3) is 6.30. The topological polar surface area (TPSA) is 21.3 Å². The van der Waals surface area contributed by atoms with E-state index in [0.29, 0.717) is 12.1 Å². The van der Waals surface area contributed by atoms with E-state index in [1.807, 2.05) is 6.08 Å². The second-order valence-corrected chi connectivity index (χ2v) is 3.73. The van der Waals surface area contributed by atoms with Crippen molar-refractivity contribution in [2.75, 3.05) is 13.1 Å². The summed E-state index contributed by atoms with van der Waals surface area (Å²) in [7, 11) is 0. The fraction of sp³-hybridized carbons (Fsp3) is 0.385. The molecule has 0 fully saturated rings. The summed E-state index contributed by atoms with van der Waals surface area (Å²) in [6.07, 6.45) is 0.0159. The molecule has 0 unspecified atom stereocenters. The average molecular weight is 259 g/mol. The summed E-state index contributed by atoms with van der Waals surface area (Å²) in [6.45, 7) is 3.68. The Kier molecular flexibility index (Phi) is 5.71. The van der Waals surface area contributed by atoms with Gasteiger partial charge in [0.1, 0.15) is 5.75 Å². The zero-order valence-corrected chi connectivity index (χ0v) is 10.1. The van der Waals surface area contributed by atoms with Crippen LogP contribution in [0.4, 0.5) is 13.2 Å². The Hall–Kier alpha value is -1.49. The predicted octanol–water partition coefficient (Wildman–Crippen LogP) is 3.60. The Balaban J connectivity index is 2.54. The van der Waals surface area contributed by atoms with Gasteiger partial charge in [0.2, 0.25) is 0 Å². The van der Waals surface area contributed by atoms with Crippen molar-refractivity contribution < 1.29 is 17.9 Å². The summed E-state index contributed by atoms with van der Waals surface area (Å²) in [5, 5.41) is 3.16. The van der Waals surface area contributed by atoms with Gasteiger partial charge in [-0.1, -0.05) is 31.2 Å². The Bertz CT molecular complexity index is 388. The van der Waals surface area contributed by atoms with Crippen molar-refractivity contribution in [3.8, 4) is 5.75 Å².